The number of allylic oxidation sites excluding steroid dienone is 2. The Labute approximate surface area is 194 Å². The number of rotatable bonds is 4. The maximum Gasteiger partial charge on any atom is 0.130 e. The molecule has 4 heteroatoms. The molecule has 2 N–H and O–H groups in total. The van der Waals surface area contributed by atoms with Crippen LogP contribution in [0.15, 0.2) is 12.2 Å². The van der Waals surface area contributed by atoms with Crippen LogP contribution < -0.4 is 0 Å². The van der Waals surface area contributed by atoms with E-state index in [-0.39, 0.29) is 34.2 Å². The molecule has 6 rings (SSSR count). The van der Waals surface area contributed by atoms with Gasteiger partial charge in [0.2, 0.25) is 0 Å². The van der Waals surface area contributed by atoms with Crippen molar-refractivity contribution in [1.29, 1.82) is 0 Å². The molecular formula is C28H44O4. The van der Waals surface area contributed by atoms with Gasteiger partial charge < -0.3 is 19.7 Å². The number of ether oxygens (including phenoxy) is 2. The standard InChI is InChI=1S/C28H44O4/c1-16(2)17(3)7-8-18(4)20-9-10-21-24(20,5)13-14-27-25(6)12-11-19(29)15-26(25)23(31-26)22(30)28(21,27)32-27/h7-8,16-23,29-30H,9-15H2,1-6H3/b8-7+/t17?,18-,19+,20-,21-,22-,23+,24-,25+,26+,27+,28-/m1/s1. The molecule has 12 atom stereocenters. The van der Waals surface area contributed by atoms with Crippen LogP contribution >= 0.6 is 0 Å². The summed E-state index contributed by atoms with van der Waals surface area (Å²) in [6.45, 7) is 14.2. The van der Waals surface area contributed by atoms with E-state index < -0.39 is 11.7 Å². The van der Waals surface area contributed by atoms with E-state index in [1.54, 1.807) is 0 Å². The first-order valence-electron chi connectivity index (χ1n) is 13.4. The molecule has 2 heterocycles. The molecule has 0 amide bonds. The fraction of sp³-hybridized carbons (Fsp3) is 0.929. The minimum absolute atomic E-state index is 0.0965. The largest absolute Gasteiger partial charge is 0.393 e. The second kappa shape index (κ2) is 6.42. The summed E-state index contributed by atoms with van der Waals surface area (Å²) in [4.78, 5) is 0. The first-order chi connectivity index (χ1) is 15.0. The van der Waals surface area contributed by atoms with Gasteiger partial charge in [-0.15, -0.1) is 0 Å². The van der Waals surface area contributed by atoms with E-state index in [2.05, 4.69) is 53.7 Å². The number of epoxide rings is 2. The van der Waals surface area contributed by atoms with E-state index in [4.69, 9.17) is 9.47 Å². The van der Waals surface area contributed by atoms with Crippen LogP contribution in [0.3, 0.4) is 0 Å². The van der Waals surface area contributed by atoms with Crippen LogP contribution in [0.25, 0.3) is 0 Å². The lowest BCUT2D eigenvalue weighted by Crippen LogP contribution is -2.68. The quantitative estimate of drug-likeness (QED) is 0.480. The zero-order valence-electron chi connectivity index (χ0n) is 20.9. The normalized spacial score (nSPS) is 59.6. The summed E-state index contributed by atoms with van der Waals surface area (Å²) >= 11 is 0. The molecule has 2 aliphatic heterocycles. The summed E-state index contributed by atoms with van der Waals surface area (Å²) in [7, 11) is 0. The predicted octanol–water partition coefficient (Wildman–Crippen LogP) is 4.87. The fourth-order valence-electron chi connectivity index (χ4n) is 9.76. The van der Waals surface area contributed by atoms with E-state index in [1.165, 1.54) is 12.8 Å². The van der Waals surface area contributed by atoms with Crippen LogP contribution in [0.2, 0.25) is 0 Å². The van der Waals surface area contributed by atoms with Crippen molar-refractivity contribution in [3.63, 3.8) is 0 Å². The van der Waals surface area contributed by atoms with Gasteiger partial charge in [0.1, 0.15) is 29.0 Å². The van der Waals surface area contributed by atoms with Gasteiger partial charge in [-0.05, 0) is 73.5 Å². The minimum atomic E-state index is -0.559. The molecule has 0 bridgehead atoms. The van der Waals surface area contributed by atoms with Gasteiger partial charge in [-0.1, -0.05) is 53.7 Å². The molecule has 1 spiro atoms. The van der Waals surface area contributed by atoms with Crippen molar-refractivity contribution < 1.29 is 19.7 Å². The van der Waals surface area contributed by atoms with E-state index in [0.29, 0.717) is 36.0 Å². The molecule has 6 aliphatic rings. The Hall–Kier alpha value is -0.420. The molecule has 6 fully saturated rings. The van der Waals surface area contributed by atoms with Gasteiger partial charge in [0.05, 0.1) is 6.10 Å². The van der Waals surface area contributed by atoms with Gasteiger partial charge in [-0.25, -0.2) is 0 Å². The number of aliphatic hydroxyl groups is 2. The van der Waals surface area contributed by atoms with Gasteiger partial charge in [-0.3, -0.25) is 0 Å². The third kappa shape index (κ3) is 2.25. The molecule has 2 saturated heterocycles. The van der Waals surface area contributed by atoms with Gasteiger partial charge in [0.15, 0.2) is 0 Å². The van der Waals surface area contributed by atoms with Crippen LogP contribution in [0.1, 0.15) is 86.5 Å². The molecule has 4 saturated carbocycles. The number of aliphatic hydroxyl groups excluding tert-OH is 2. The van der Waals surface area contributed by atoms with Gasteiger partial charge in [-0.2, -0.15) is 0 Å². The highest BCUT2D eigenvalue weighted by Crippen LogP contribution is 2.85. The predicted molar refractivity (Wildman–Crippen MR) is 124 cm³/mol. The van der Waals surface area contributed by atoms with Crippen LogP contribution in [-0.4, -0.2) is 45.3 Å². The Balaban J connectivity index is 1.32. The molecule has 0 aromatic heterocycles. The van der Waals surface area contributed by atoms with Gasteiger partial charge in [0, 0.05) is 11.8 Å². The first kappa shape index (κ1) is 22.1. The molecular weight excluding hydrogens is 400 g/mol. The van der Waals surface area contributed by atoms with E-state index in [1.807, 2.05) is 0 Å². The van der Waals surface area contributed by atoms with Crippen molar-refractivity contribution in [1.82, 2.24) is 0 Å². The van der Waals surface area contributed by atoms with Crippen molar-refractivity contribution in [2.45, 2.75) is 122 Å². The van der Waals surface area contributed by atoms with E-state index in [9.17, 15) is 10.2 Å². The molecule has 0 aromatic carbocycles. The van der Waals surface area contributed by atoms with Crippen molar-refractivity contribution in [2.24, 2.45) is 40.4 Å². The first-order valence-corrected chi connectivity index (χ1v) is 13.4. The zero-order valence-corrected chi connectivity index (χ0v) is 20.9. The van der Waals surface area contributed by atoms with Crippen LogP contribution in [0.5, 0.6) is 0 Å². The minimum Gasteiger partial charge on any atom is -0.393 e. The number of hydrogen-bond acceptors (Lipinski definition) is 4. The van der Waals surface area contributed by atoms with Crippen molar-refractivity contribution in [3.8, 4) is 0 Å². The summed E-state index contributed by atoms with van der Waals surface area (Å²) in [5.41, 5.74) is -0.979. The highest BCUT2D eigenvalue weighted by atomic mass is 16.7. The summed E-state index contributed by atoms with van der Waals surface area (Å²) in [5.74, 6) is 2.86. The third-order valence-electron chi connectivity index (χ3n) is 12.1. The lowest BCUT2D eigenvalue weighted by atomic mass is 9.43. The van der Waals surface area contributed by atoms with E-state index >= 15 is 0 Å². The second-order valence-electron chi connectivity index (χ2n) is 13.4. The molecule has 0 radical (unpaired) electrons. The lowest BCUT2D eigenvalue weighted by molar-refractivity contribution is -0.0911. The monoisotopic (exact) mass is 444 g/mol. The topological polar surface area (TPSA) is 65.5 Å². The van der Waals surface area contributed by atoms with Crippen molar-refractivity contribution in [3.05, 3.63) is 12.2 Å². The molecule has 4 nitrogen and oxygen atoms in total. The summed E-state index contributed by atoms with van der Waals surface area (Å²) < 4.78 is 13.3. The van der Waals surface area contributed by atoms with E-state index in [0.717, 1.165) is 25.7 Å². The molecule has 1 unspecified atom stereocenters. The van der Waals surface area contributed by atoms with Gasteiger partial charge >= 0.3 is 0 Å². The Morgan fingerprint density at radius 1 is 0.938 bits per heavy atom. The van der Waals surface area contributed by atoms with Crippen LogP contribution in [0.4, 0.5) is 0 Å². The summed E-state index contributed by atoms with van der Waals surface area (Å²) in [6, 6.07) is 0. The molecule has 32 heavy (non-hydrogen) atoms. The Kier molecular flexibility index (Phi) is 4.42. The maximum atomic E-state index is 11.7. The second-order valence-corrected chi connectivity index (χ2v) is 13.4. The average Bonchev–Trinajstić information content (AvgIpc) is 3.61. The average molecular weight is 445 g/mol. The molecule has 180 valence electrons. The fourth-order valence-corrected chi connectivity index (χ4v) is 9.76. The number of fused-ring (bicyclic) bond motifs is 1. The lowest BCUT2D eigenvalue weighted by Gasteiger charge is -2.56. The molecule has 4 aliphatic carbocycles. The summed E-state index contributed by atoms with van der Waals surface area (Å²) in [6.07, 6.45) is 10.9. The zero-order chi connectivity index (χ0) is 22.9. The Bertz CT molecular complexity index is 839. The Morgan fingerprint density at radius 2 is 1.69 bits per heavy atom. The Morgan fingerprint density at radius 3 is 2.41 bits per heavy atom. The molecule has 0 aromatic rings. The third-order valence-corrected chi connectivity index (χ3v) is 12.1. The number of hydrogen-bond donors (Lipinski definition) is 2. The smallest absolute Gasteiger partial charge is 0.130 e. The van der Waals surface area contributed by atoms with Crippen molar-refractivity contribution in [2.75, 3.05) is 0 Å². The highest BCUT2D eigenvalue weighted by Gasteiger charge is 2.97. The summed E-state index contributed by atoms with van der Waals surface area (Å²) in [5, 5.41) is 22.2. The van der Waals surface area contributed by atoms with Crippen LogP contribution in [-0.2, 0) is 9.47 Å². The van der Waals surface area contributed by atoms with Crippen molar-refractivity contribution >= 4 is 0 Å². The van der Waals surface area contributed by atoms with Crippen LogP contribution in [0, 0.1) is 40.4 Å². The SMILES string of the molecule is CC(C)C(C)/C=C/[C@@H](C)[C@H]1CC[C@@H]2[C@]1(C)CC[C@@]13O[C@@]21[C@H](O)[C@@H]1O[C@@]12C[C@@H](O)CC[C@]32C. The maximum absolute atomic E-state index is 11.7. The highest BCUT2D eigenvalue weighted by molar-refractivity contribution is 5.44. The van der Waals surface area contributed by atoms with Gasteiger partial charge in [0.25, 0.3) is 0 Å².